The van der Waals surface area contributed by atoms with Crippen LogP contribution in [-0.4, -0.2) is 48.9 Å². The highest BCUT2D eigenvalue weighted by atomic mass is 16.2. The summed E-state index contributed by atoms with van der Waals surface area (Å²) in [7, 11) is 4.06. The first kappa shape index (κ1) is 13.6. The van der Waals surface area contributed by atoms with Crippen LogP contribution in [-0.2, 0) is 0 Å². The molecule has 0 saturated carbocycles. The van der Waals surface area contributed by atoms with Crippen molar-refractivity contribution in [3.8, 4) is 6.07 Å². The Bertz CT molecular complexity index is 487. The molecule has 0 spiro atoms. The number of benzene rings is 1. The van der Waals surface area contributed by atoms with Gasteiger partial charge in [-0.1, -0.05) is 0 Å². The number of nitrogens with zero attached hydrogens (tertiary/aromatic N) is 3. The highest BCUT2D eigenvalue weighted by Crippen LogP contribution is 2.20. The van der Waals surface area contributed by atoms with Crippen molar-refractivity contribution in [2.75, 3.05) is 27.2 Å². The zero-order valence-corrected chi connectivity index (χ0v) is 11.5. The molecule has 1 aliphatic heterocycles. The first-order valence-corrected chi connectivity index (χ1v) is 6.57. The topological polar surface area (TPSA) is 47.3 Å². The third kappa shape index (κ3) is 3.12. The van der Waals surface area contributed by atoms with E-state index >= 15 is 0 Å². The molecule has 1 unspecified atom stereocenters. The van der Waals surface area contributed by atoms with E-state index < -0.39 is 0 Å². The van der Waals surface area contributed by atoms with Crippen molar-refractivity contribution in [2.24, 2.45) is 0 Å². The molecule has 1 heterocycles. The van der Waals surface area contributed by atoms with E-state index in [0.717, 1.165) is 25.9 Å². The van der Waals surface area contributed by atoms with Gasteiger partial charge in [0.1, 0.15) is 0 Å². The summed E-state index contributed by atoms with van der Waals surface area (Å²) < 4.78 is 0. The molecular weight excluding hydrogens is 238 g/mol. The molecule has 1 aromatic rings. The number of carbonyl (C=O) groups excluding carboxylic acids is 1. The zero-order chi connectivity index (χ0) is 13.8. The van der Waals surface area contributed by atoms with E-state index in [1.807, 2.05) is 19.0 Å². The summed E-state index contributed by atoms with van der Waals surface area (Å²) >= 11 is 0. The Morgan fingerprint density at radius 2 is 2.11 bits per heavy atom. The van der Waals surface area contributed by atoms with Crippen LogP contribution in [0.5, 0.6) is 0 Å². The van der Waals surface area contributed by atoms with Gasteiger partial charge in [0.25, 0.3) is 5.91 Å². The maximum Gasteiger partial charge on any atom is 0.254 e. The molecule has 1 amide bonds. The average Bonchev–Trinajstić information content (AvgIpc) is 2.85. The molecule has 0 radical (unpaired) electrons. The minimum atomic E-state index is 0.0776. The van der Waals surface area contributed by atoms with Crippen molar-refractivity contribution in [3.63, 3.8) is 0 Å². The molecule has 1 saturated heterocycles. The van der Waals surface area contributed by atoms with Crippen molar-refractivity contribution in [2.45, 2.75) is 18.9 Å². The monoisotopic (exact) mass is 257 g/mol. The Morgan fingerprint density at radius 1 is 1.42 bits per heavy atom. The molecule has 1 atom stereocenters. The maximum atomic E-state index is 12.5. The fourth-order valence-corrected chi connectivity index (χ4v) is 2.57. The molecule has 0 aromatic heterocycles. The van der Waals surface area contributed by atoms with Crippen molar-refractivity contribution in [1.82, 2.24) is 9.80 Å². The second-order valence-electron chi connectivity index (χ2n) is 5.25. The first-order chi connectivity index (χ1) is 9.11. The SMILES string of the molecule is CN(C)CC1CCCN1C(=O)c1ccc(C#N)cc1. The van der Waals surface area contributed by atoms with Gasteiger partial charge >= 0.3 is 0 Å². The van der Waals surface area contributed by atoms with Crippen molar-refractivity contribution in [3.05, 3.63) is 35.4 Å². The Hall–Kier alpha value is -1.86. The Balaban J connectivity index is 2.11. The number of nitriles is 1. The highest BCUT2D eigenvalue weighted by molar-refractivity contribution is 5.94. The standard InChI is InChI=1S/C15H19N3O/c1-17(2)11-14-4-3-9-18(14)15(19)13-7-5-12(10-16)6-8-13/h5-8,14H,3-4,9,11H2,1-2H3. The van der Waals surface area contributed by atoms with Crippen LogP contribution >= 0.6 is 0 Å². The van der Waals surface area contributed by atoms with E-state index in [1.165, 1.54) is 0 Å². The summed E-state index contributed by atoms with van der Waals surface area (Å²) in [4.78, 5) is 16.5. The lowest BCUT2D eigenvalue weighted by molar-refractivity contribution is 0.0716. The summed E-state index contributed by atoms with van der Waals surface area (Å²) in [6.45, 7) is 1.74. The molecule has 100 valence electrons. The molecular formula is C15H19N3O. The van der Waals surface area contributed by atoms with Gasteiger partial charge < -0.3 is 9.80 Å². The number of likely N-dealkylation sites (tertiary alicyclic amines) is 1. The van der Waals surface area contributed by atoms with Gasteiger partial charge in [-0.3, -0.25) is 4.79 Å². The number of hydrogen-bond donors (Lipinski definition) is 0. The normalized spacial score (nSPS) is 18.6. The highest BCUT2D eigenvalue weighted by Gasteiger charge is 2.29. The summed E-state index contributed by atoms with van der Waals surface area (Å²) in [5, 5.41) is 8.77. The van der Waals surface area contributed by atoms with E-state index in [4.69, 9.17) is 5.26 Å². The van der Waals surface area contributed by atoms with Gasteiger partial charge in [0.15, 0.2) is 0 Å². The fourth-order valence-electron chi connectivity index (χ4n) is 2.57. The summed E-state index contributed by atoms with van der Waals surface area (Å²) in [6, 6.07) is 9.25. The first-order valence-electron chi connectivity index (χ1n) is 6.57. The van der Waals surface area contributed by atoms with Gasteiger partial charge in [0.2, 0.25) is 0 Å². The molecule has 2 rings (SSSR count). The summed E-state index contributed by atoms with van der Waals surface area (Å²) in [5.41, 5.74) is 1.26. The van der Waals surface area contributed by atoms with Crippen LogP contribution in [0.3, 0.4) is 0 Å². The lowest BCUT2D eigenvalue weighted by atomic mass is 10.1. The molecule has 1 aliphatic rings. The predicted octanol–water partition coefficient (Wildman–Crippen LogP) is 1.72. The second-order valence-corrected chi connectivity index (χ2v) is 5.25. The van der Waals surface area contributed by atoms with Crippen LogP contribution in [0.4, 0.5) is 0 Å². The molecule has 1 fully saturated rings. The summed E-state index contributed by atoms with van der Waals surface area (Å²) in [5.74, 6) is 0.0776. The molecule has 0 bridgehead atoms. The Kier molecular flexibility index (Phi) is 4.18. The van der Waals surface area contributed by atoms with Gasteiger partial charge in [-0.25, -0.2) is 0 Å². The van der Waals surface area contributed by atoms with E-state index in [-0.39, 0.29) is 5.91 Å². The van der Waals surface area contributed by atoms with E-state index in [1.54, 1.807) is 24.3 Å². The van der Waals surface area contributed by atoms with Crippen LogP contribution in [0.15, 0.2) is 24.3 Å². The van der Waals surface area contributed by atoms with E-state index in [9.17, 15) is 4.79 Å². The number of carbonyl (C=O) groups is 1. The van der Waals surface area contributed by atoms with Gasteiger partial charge in [-0.05, 0) is 51.2 Å². The fraction of sp³-hybridized carbons (Fsp3) is 0.467. The lowest BCUT2D eigenvalue weighted by Gasteiger charge is -2.27. The number of rotatable bonds is 3. The van der Waals surface area contributed by atoms with Crippen LogP contribution in [0.1, 0.15) is 28.8 Å². The van der Waals surface area contributed by atoms with Crippen LogP contribution in [0, 0.1) is 11.3 Å². The molecule has 4 heteroatoms. The number of amides is 1. The van der Waals surface area contributed by atoms with Crippen molar-refractivity contribution in [1.29, 1.82) is 5.26 Å². The predicted molar refractivity (Wildman–Crippen MR) is 73.8 cm³/mol. The largest absolute Gasteiger partial charge is 0.334 e. The smallest absolute Gasteiger partial charge is 0.254 e. The molecule has 0 aliphatic carbocycles. The van der Waals surface area contributed by atoms with Gasteiger partial charge in [-0.15, -0.1) is 0 Å². The third-order valence-corrected chi connectivity index (χ3v) is 3.47. The van der Waals surface area contributed by atoms with Gasteiger partial charge in [0, 0.05) is 24.7 Å². The van der Waals surface area contributed by atoms with Crippen LogP contribution in [0.2, 0.25) is 0 Å². The molecule has 4 nitrogen and oxygen atoms in total. The van der Waals surface area contributed by atoms with E-state index in [2.05, 4.69) is 11.0 Å². The van der Waals surface area contributed by atoms with E-state index in [0.29, 0.717) is 17.2 Å². The Morgan fingerprint density at radius 3 is 2.68 bits per heavy atom. The zero-order valence-electron chi connectivity index (χ0n) is 11.5. The second kappa shape index (κ2) is 5.85. The molecule has 19 heavy (non-hydrogen) atoms. The van der Waals surface area contributed by atoms with Gasteiger partial charge in [0.05, 0.1) is 11.6 Å². The van der Waals surface area contributed by atoms with Crippen molar-refractivity contribution >= 4 is 5.91 Å². The molecule has 0 N–H and O–H groups in total. The Labute approximate surface area is 114 Å². The lowest BCUT2D eigenvalue weighted by Crippen LogP contribution is -2.41. The third-order valence-electron chi connectivity index (χ3n) is 3.47. The van der Waals surface area contributed by atoms with Crippen LogP contribution < -0.4 is 0 Å². The maximum absolute atomic E-state index is 12.5. The summed E-state index contributed by atoms with van der Waals surface area (Å²) in [6.07, 6.45) is 2.14. The van der Waals surface area contributed by atoms with Crippen LogP contribution in [0.25, 0.3) is 0 Å². The van der Waals surface area contributed by atoms with Crippen molar-refractivity contribution < 1.29 is 4.79 Å². The minimum Gasteiger partial charge on any atom is -0.334 e. The quantitative estimate of drug-likeness (QED) is 0.828. The average molecular weight is 257 g/mol. The number of likely N-dealkylation sites (N-methyl/N-ethyl adjacent to an activating group) is 1. The molecule has 1 aromatic carbocycles. The minimum absolute atomic E-state index is 0.0776. The number of hydrogen-bond acceptors (Lipinski definition) is 3. The van der Waals surface area contributed by atoms with Gasteiger partial charge in [-0.2, -0.15) is 5.26 Å².